The maximum Gasteiger partial charge on any atom is 0.178 e. The third kappa shape index (κ3) is 4.19. The summed E-state index contributed by atoms with van der Waals surface area (Å²) in [5, 5.41) is -0.336. The van der Waals surface area contributed by atoms with Crippen LogP contribution in [0.1, 0.15) is 20.6 Å². The van der Waals surface area contributed by atoms with E-state index < -0.39 is 107 Å². The van der Waals surface area contributed by atoms with Gasteiger partial charge < -0.3 is 8.83 Å². The van der Waals surface area contributed by atoms with Gasteiger partial charge in [0.1, 0.15) is 11.3 Å². The van der Waals surface area contributed by atoms with E-state index in [2.05, 4.69) is 0 Å². The first kappa shape index (κ1) is 17.8. The van der Waals surface area contributed by atoms with Crippen molar-refractivity contribution in [2.75, 3.05) is 0 Å². The number of hydrogen-bond acceptors (Lipinski definition) is 2. The van der Waals surface area contributed by atoms with Crippen molar-refractivity contribution in [1.82, 2.24) is 0 Å². The highest BCUT2D eigenvalue weighted by molar-refractivity contribution is 6.28. The minimum absolute atomic E-state index is 0.0310. The molecule has 52 heavy (non-hydrogen) atoms. The molecule has 0 N–H and O–H groups in total. The normalized spacial score (nSPS) is 15.9. The van der Waals surface area contributed by atoms with Gasteiger partial charge in [0.25, 0.3) is 0 Å². The number of hydrogen-bond donors (Lipinski definition) is 0. The second kappa shape index (κ2) is 11.3. The van der Waals surface area contributed by atoms with E-state index in [-0.39, 0.29) is 38.2 Å². The molecule has 2 heteroatoms. The lowest BCUT2D eigenvalue weighted by Crippen LogP contribution is -1.92. The second-order valence-electron chi connectivity index (χ2n) is 12.4. The molecular formula is C50H30O2. The predicted octanol–water partition coefficient (Wildman–Crippen LogP) is 14.5. The summed E-state index contributed by atoms with van der Waals surface area (Å²) in [5.41, 5.74) is 2.98. The Kier molecular flexibility index (Phi) is 3.88. The predicted molar refractivity (Wildman–Crippen MR) is 218 cm³/mol. The standard InChI is InChI=1S/C50H30O2/c1-3-16-32(17-4-1)44-41-29-30-42-47-40(27-14-28-43(47)51-49(42)50(41)52-48(44)33-18-5-2-6-19-33)46-38-24-11-9-22-36(38)45(37-23-10-12-25-39(37)46)35-26-13-20-31-15-7-8-21-34(31)35/h1-30H/i7D,8D,9D,10D,11D,12D,13D,15D,20D,21D,22D,23D,24D,25D,26D. The van der Waals surface area contributed by atoms with Crippen molar-refractivity contribution in [3.8, 4) is 44.7 Å². The van der Waals surface area contributed by atoms with Crippen molar-refractivity contribution in [2.45, 2.75) is 0 Å². The van der Waals surface area contributed by atoms with Crippen LogP contribution in [0.2, 0.25) is 0 Å². The Morgan fingerprint density at radius 1 is 0.365 bits per heavy atom. The van der Waals surface area contributed by atoms with Gasteiger partial charge in [-0.05, 0) is 78.3 Å². The van der Waals surface area contributed by atoms with E-state index in [1.54, 1.807) is 18.2 Å². The summed E-state index contributed by atoms with van der Waals surface area (Å²) in [5.74, 6) is 0.593. The number of fused-ring (bicyclic) bond motifs is 8. The Morgan fingerprint density at radius 3 is 1.62 bits per heavy atom. The van der Waals surface area contributed by atoms with Crippen molar-refractivity contribution in [3.05, 3.63) is 182 Å². The topological polar surface area (TPSA) is 26.3 Å². The summed E-state index contributed by atoms with van der Waals surface area (Å²) >= 11 is 0. The second-order valence-corrected chi connectivity index (χ2v) is 12.4. The third-order valence-electron chi connectivity index (χ3n) is 9.63. The van der Waals surface area contributed by atoms with Crippen molar-refractivity contribution >= 4 is 65.2 Å². The minimum atomic E-state index is -0.774. The average molecular weight is 678 g/mol. The summed E-state index contributed by atoms with van der Waals surface area (Å²) in [6.45, 7) is 0. The van der Waals surface area contributed by atoms with Gasteiger partial charge in [-0.1, -0.05) is 163 Å². The Balaban J connectivity index is 1.37. The Labute approximate surface area is 320 Å². The molecule has 242 valence electrons. The third-order valence-corrected chi connectivity index (χ3v) is 9.63. The Morgan fingerprint density at radius 2 is 0.923 bits per heavy atom. The first-order valence-corrected chi connectivity index (χ1v) is 16.5. The molecule has 0 aliphatic heterocycles. The van der Waals surface area contributed by atoms with E-state index in [4.69, 9.17) is 22.5 Å². The van der Waals surface area contributed by atoms with Gasteiger partial charge in [0.2, 0.25) is 0 Å². The lowest BCUT2D eigenvalue weighted by Gasteiger charge is -2.19. The molecule has 0 amide bonds. The van der Waals surface area contributed by atoms with Gasteiger partial charge in [-0.3, -0.25) is 0 Å². The van der Waals surface area contributed by atoms with E-state index in [1.165, 1.54) is 0 Å². The Bertz CT molecular complexity index is 3940. The van der Waals surface area contributed by atoms with Gasteiger partial charge in [-0.15, -0.1) is 0 Å². The molecule has 0 bridgehead atoms. The molecule has 0 fully saturated rings. The number of furan rings is 2. The molecular weight excluding hydrogens is 633 g/mol. The van der Waals surface area contributed by atoms with Gasteiger partial charge in [0, 0.05) is 27.3 Å². The quantitative estimate of drug-likeness (QED) is 0.173. The summed E-state index contributed by atoms with van der Waals surface area (Å²) in [6, 6.07) is 17.6. The fourth-order valence-electron chi connectivity index (χ4n) is 7.48. The zero-order valence-corrected chi connectivity index (χ0v) is 27.0. The highest BCUT2D eigenvalue weighted by atomic mass is 16.4. The van der Waals surface area contributed by atoms with Crippen LogP contribution < -0.4 is 0 Å². The summed E-state index contributed by atoms with van der Waals surface area (Å²) in [6.07, 6.45) is 0. The molecule has 0 aliphatic carbocycles. The van der Waals surface area contributed by atoms with Crippen molar-refractivity contribution in [2.24, 2.45) is 0 Å². The minimum Gasteiger partial charge on any atom is -0.452 e. The van der Waals surface area contributed by atoms with E-state index >= 15 is 0 Å². The van der Waals surface area contributed by atoms with Crippen LogP contribution in [0.3, 0.4) is 0 Å². The van der Waals surface area contributed by atoms with E-state index in [0.717, 1.165) is 22.1 Å². The van der Waals surface area contributed by atoms with Crippen LogP contribution in [0.15, 0.2) is 190 Å². The molecule has 11 aromatic rings. The zero-order chi connectivity index (χ0) is 47.2. The van der Waals surface area contributed by atoms with Gasteiger partial charge >= 0.3 is 0 Å². The largest absolute Gasteiger partial charge is 0.452 e. The molecule has 0 spiro atoms. The molecule has 11 rings (SSSR count). The van der Waals surface area contributed by atoms with Crippen LogP contribution in [0, 0.1) is 0 Å². The highest BCUT2D eigenvalue weighted by Gasteiger charge is 2.25. The summed E-state index contributed by atoms with van der Waals surface area (Å²) in [4.78, 5) is 0. The maximum absolute atomic E-state index is 9.58. The van der Waals surface area contributed by atoms with Crippen molar-refractivity contribution in [3.63, 3.8) is 0 Å². The van der Waals surface area contributed by atoms with E-state index in [9.17, 15) is 6.85 Å². The van der Waals surface area contributed by atoms with Crippen LogP contribution in [0.5, 0.6) is 0 Å². The number of benzene rings is 9. The molecule has 0 saturated heterocycles. The lowest BCUT2D eigenvalue weighted by atomic mass is 9.84. The molecule has 2 aromatic heterocycles. The molecule has 0 saturated carbocycles. The molecule has 0 radical (unpaired) electrons. The van der Waals surface area contributed by atoms with Gasteiger partial charge in [0.05, 0.1) is 20.6 Å². The molecule has 9 aromatic carbocycles. The lowest BCUT2D eigenvalue weighted by molar-refractivity contribution is 0.612. The molecule has 2 nitrogen and oxygen atoms in total. The SMILES string of the molecule is [2H]c1c([2H])c([2H])c2c(-c3c4c([2H])c([2H])c([2H])c([2H])c4c(-c4cccc5oc6c(ccc7c(-c8ccccc8)c(-c8ccccc8)oc76)c45)c4c([2H])c([2H])c([2H])c([2H])c34)c([2H])c([2H])c([2H])c2c1[2H]. The van der Waals surface area contributed by atoms with E-state index in [1.807, 2.05) is 72.8 Å². The average Bonchev–Trinajstić information content (AvgIpc) is 3.93. The first-order chi connectivity index (χ1) is 32.1. The van der Waals surface area contributed by atoms with E-state index in [0.29, 0.717) is 33.3 Å². The van der Waals surface area contributed by atoms with Crippen LogP contribution in [0.25, 0.3) is 110 Å². The zero-order valence-electron chi connectivity index (χ0n) is 42.0. The van der Waals surface area contributed by atoms with Gasteiger partial charge in [-0.25, -0.2) is 0 Å². The van der Waals surface area contributed by atoms with Crippen LogP contribution in [0.4, 0.5) is 0 Å². The monoisotopic (exact) mass is 677 g/mol. The molecule has 0 unspecified atom stereocenters. The Hall–Kier alpha value is -6.90. The number of rotatable bonds is 4. The van der Waals surface area contributed by atoms with Crippen LogP contribution >= 0.6 is 0 Å². The van der Waals surface area contributed by atoms with Crippen molar-refractivity contribution < 1.29 is 29.4 Å². The highest BCUT2D eigenvalue weighted by Crippen LogP contribution is 2.50. The fraction of sp³-hybridized carbons (Fsp3) is 0. The summed E-state index contributed by atoms with van der Waals surface area (Å²) < 4.78 is 150. The smallest absolute Gasteiger partial charge is 0.178 e. The first-order valence-electron chi connectivity index (χ1n) is 24.0. The molecule has 2 heterocycles. The van der Waals surface area contributed by atoms with Crippen molar-refractivity contribution in [1.29, 1.82) is 0 Å². The maximum atomic E-state index is 9.58. The fourth-order valence-corrected chi connectivity index (χ4v) is 7.48. The van der Waals surface area contributed by atoms with Crippen LogP contribution in [-0.2, 0) is 0 Å². The molecule has 0 aliphatic rings. The summed E-state index contributed by atoms with van der Waals surface area (Å²) in [7, 11) is 0. The van der Waals surface area contributed by atoms with Gasteiger partial charge in [-0.2, -0.15) is 0 Å². The van der Waals surface area contributed by atoms with Crippen LogP contribution in [-0.4, -0.2) is 0 Å². The molecule has 0 atom stereocenters. The van der Waals surface area contributed by atoms with Gasteiger partial charge in [0.15, 0.2) is 11.2 Å².